The van der Waals surface area contributed by atoms with Crippen LogP contribution < -0.4 is 11.1 Å². The third kappa shape index (κ3) is 2.34. The van der Waals surface area contributed by atoms with Crippen molar-refractivity contribution in [3.05, 3.63) is 51.6 Å². The predicted molar refractivity (Wildman–Crippen MR) is 93.6 cm³/mol. The predicted octanol–water partition coefficient (Wildman–Crippen LogP) is 2.48. The summed E-state index contributed by atoms with van der Waals surface area (Å²) in [5.74, 6) is -1.50. The van der Waals surface area contributed by atoms with Crippen LogP contribution in [0.15, 0.2) is 41.0 Å². The van der Waals surface area contributed by atoms with Crippen molar-refractivity contribution in [2.75, 3.05) is 5.32 Å². The molecule has 0 aromatic heterocycles. The van der Waals surface area contributed by atoms with E-state index in [4.69, 9.17) is 26.8 Å². The maximum absolute atomic E-state index is 13.1. The molecule has 3 rings (SSSR count). The number of nitrogens with one attached hydrogen (secondary N) is 1. The number of esters is 1. The molecule has 1 amide bonds. The maximum atomic E-state index is 13.1. The van der Waals surface area contributed by atoms with Crippen LogP contribution in [0.5, 0.6) is 0 Å². The number of carbonyl (C=O) groups is 2. The molecule has 1 atom stereocenters. The second kappa shape index (κ2) is 6.07. The van der Waals surface area contributed by atoms with Crippen LogP contribution in [0.3, 0.4) is 0 Å². The number of nitriles is 1. The van der Waals surface area contributed by atoms with E-state index in [1.807, 2.05) is 6.07 Å². The van der Waals surface area contributed by atoms with Gasteiger partial charge in [-0.25, -0.2) is 4.79 Å². The van der Waals surface area contributed by atoms with Crippen LogP contribution in [0.1, 0.15) is 26.3 Å². The van der Waals surface area contributed by atoms with E-state index >= 15 is 0 Å². The van der Waals surface area contributed by atoms with E-state index in [9.17, 15) is 14.9 Å². The van der Waals surface area contributed by atoms with Gasteiger partial charge in [0.05, 0.1) is 6.10 Å². The molecule has 134 valence electrons. The Bertz CT molecular complexity index is 942. The van der Waals surface area contributed by atoms with Crippen molar-refractivity contribution in [2.24, 2.45) is 5.73 Å². The van der Waals surface area contributed by atoms with Crippen LogP contribution in [0.4, 0.5) is 5.69 Å². The molecule has 1 aromatic carbocycles. The first kappa shape index (κ1) is 17.8. The lowest BCUT2D eigenvalue weighted by Gasteiger charge is -2.34. The topological polar surface area (TPSA) is 114 Å². The summed E-state index contributed by atoms with van der Waals surface area (Å²) in [7, 11) is 0. The number of anilines is 1. The summed E-state index contributed by atoms with van der Waals surface area (Å²) >= 11 is 6.12. The molecule has 0 fully saturated rings. The molecular weight excluding hydrogens is 358 g/mol. The first-order chi connectivity index (χ1) is 12.2. The van der Waals surface area contributed by atoms with Gasteiger partial charge in [-0.05, 0) is 39.0 Å². The zero-order valence-electron chi connectivity index (χ0n) is 14.3. The van der Waals surface area contributed by atoms with Crippen LogP contribution in [-0.2, 0) is 24.5 Å². The normalized spacial score (nSPS) is 21.5. The summed E-state index contributed by atoms with van der Waals surface area (Å²) in [6.45, 7) is 4.85. The van der Waals surface area contributed by atoms with Gasteiger partial charge in [0.1, 0.15) is 23.0 Å². The van der Waals surface area contributed by atoms with Gasteiger partial charge in [-0.15, -0.1) is 0 Å². The van der Waals surface area contributed by atoms with E-state index in [1.165, 1.54) is 13.0 Å². The molecule has 2 aliphatic heterocycles. The molecule has 0 saturated heterocycles. The Morgan fingerprint density at radius 1 is 1.46 bits per heavy atom. The average Bonchev–Trinajstić information content (AvgIpc) is 2.80. The number of carbonyl (C=O) groups excluding carboxylic acids is 2. The van der Waals surface area contributed by atoms with Gasteiger partial charge >= 0.3 is 5.97 Å². The monoisotopic (exact) mass is 373 g/mol. The van der Waals surface area contributed by atoms with Gasteiger partial charge in [-0.2, -0.15) is 5.26 Å². The smallest absolute Gasteiger partial charge is 0.339 e. The molecule has 8 heteroatoms. The molecule has 0 unspecified atom stereocenters. The summed E-state index contributed by atoms with van der Waals surface area (Å²) in [6, 6.07) is 6.65. The highest BCUT2D eigenvalue weighted by atomic mass is 35.5. The van der Waals surface area contributed by atoms with E-state index in [1.54, 1.807) is 26.0 Å². The highest BCUT2D eigenvalue weighted by molar-refractivity contribution is 6.31. The van der Waals surface area contributed by atoms with Crippen LogP contribution >= 0.6 is 11.6 Å². The molecule has 2 aliphatic rings. The highest BCUT2D eigenvalue weighted by Gasteiger charge is 2.60. The summed E-state index contributed by atoms with van der Waals surface area (Å²) in [5.41, 5.74) is 4.64. The van der Waals surface area contributed by atoms with Crippen molar-refractivity contribution >= 4 is 29.2 Å². The van der Waals surface area contributed by atoms with E-state index in [0.29, 0.717) is 16.3 Å². The summed E-state index contributed by atoms with van der Waals surface area (Å²) in [6.07, 6.45) is -0.433. The van der Waals surface area contributed by atoms with Gasteiger partial charge in [0.2, 0.25) is 11.8 Å². The molecule has 1 spiro atoms. The Morgan fingerprint density at radius 2 is 2.15 bits per heavy atom. The zero-order valence-corrected chi connectivity index (χ0v) is 15.1. The number of amides is 1. The van der Waals surface area contributed by atoms with Gasteiger partial charge < -0.3 is 20.5 Å². The number of rotatable bonds is 2. The minimum atomic E-state index is -1.77. The molecule has 3 N–H and O–H groups in total. The second-order valence-corrected chi connectivity index (χ2v) is 6.67. The quantitative estimate of drug-likeness (QED) is 0.769. The number of halogens is 1. The first-order valence-electron chi connectivity index (χ1n) is 7.85. The maximum Gasteiger partial charge on any atom is 0.339 e. The van der Waals surface area contributed by atoms with Crippen molar-refractivity contribution in [1.82, 2.24) is 0 Å². The number of hydrogen-bond acceptors (Lipinski definition) is 6. The summed E-state index contributed by atoms with van der Waals surface area (Å²) in [4.78, 5) is 25.9. The molecule has 2 heterocycles. The lowest BCUT2D eigenvalue weighted by molar-refractivity contribution is -0.144. The minimum Gasteiger partial charge on any atom is -0.459 e. The highest BCUT2D eigenvalue weighted by Crippen LogP contribution is 2.52. The standard InChI is InChI=1S/C18H16ClN3O4/c1-8(2)25-16(23)14-9(3)26-15(21)12(7-20)18(14)11-6-10(19)4-5-13(11)22-17(18)24/h4-6,8H,21H2,1-3H3,(H,22,24)/t18-/m1/s1. The van der Waals surface area contributed by atoms with Gasteiger partial charge in [0.15, 0.2) is 5.41 Å². The van der Waals surface area contributed by atoms with Gasteiger partial charge in [-0.3, -0.25) is 4.79 Å². The fourth-order valence-electron chi connectivity index (χ4n) is 3.32. The lowest BCUT2D eigenvalue weighted by atomic mass is 9.68. The van der Waals surface area contributed by atoms with Crippen molar-refractivity contribution in [1.29, 1.82) is 5.26 Å². The minimum absolute atomic E-state index is 0.0875. The van der Waals surface area contributed by atoms with E-state index in [2.05, 4.69) is 5.32 Å². The summed E-state index contributed by atoms with van der Waals surface area (Å²) < 4.78 is 10.7. The largest absolute Gasteiger partial charge is 0.459 e. The number of nitrogens with two attached hydrogens (primary N) is 1. The van der Waals surface area contributed by atoms with Crippen LogP contribution in [-0.4, -0.2) is 18.0 Å². The van der Waals surface area contributed by atoms with Crippen molar-refractivity contribution < 1.29 is 19.1 Å². The molecule has 26 heavy (non-hydrogen) atoms. The third-order valence-electron chi connectivity index (χ3n) is 4.24. The third-order valence-corrected chi connectivity index (χ3v) is 4.48. The number of allylic oxidation sites excluding steroid dienone is 1. The first-order valence-corrected chi connectivity index (χ1v) is 8.23. The molecule has 0 aliphatic carbocycles. The Morgan fingerprint density at radius 3 is 2.77 bits per heavy atom. The number of hydrogen-bond donors (Lipinski definition) is 2. The Labute approximate surface area is 155 Å². The molecule has 1 aromatic rings. The van der Waals surface area contributed by atoms with Crippen molar-refractivity contribution in [3.63, 3.8) is 0 Å². The van der Waals surface area contributed by atoms with Crippen molar-refractivity contribution in [2.45, 2.75) is 32.3 Å². The van der Waals surface area contributed by atoms with Crippen LogP contribution in [0.25, 0.3) is 0 Å². The van der Waals surface area contributed by atoms with Gasteiger partial charge in [0.25, 0.3) is 0 Å². The molecule has 0 bridgehead atoms. The van der Waals surface area contributed by atoms with Crippen LogP contribution in [0, 0.1) is 11.3 Å². The number of fused-ring (bicyclic) bond motifs is 2. The SMILES string of the molecule is CC1=C(C(=O)OC(C)C)[C@]2(C(=O)Nc3ccc(Cl)cc32)C(C#N)=C(N)O1. The fraction of sp³-hybridized carbons (Fsp3) is 0.278. The average molecular weight is 374 g/mol. The second-order valence-electron chi connectivity index (χ2n) is 6.23. The lowest BCUT2D eigenvalue weighted by Crippen LogP contribution is -2.46. The molecular formula is C18H16ClN3O4. The Hall–Kier alpha value is -2.98. The zero-order chi connectivity index (χ0) is 19.2. The number of nitrogens with zero attached hydrogens (tertiary/aromatic N) is 1. The van der Waals surface area contributed by atoms with E-state index in [-0.39, 0.29) is 22.8 Å². The van der Waals surface area contributed by atoms with Crippen LogP contribution in [0.2, 0.25) is 5.02 Å². The van der Waals surface area contributed by atoms with E-state index in [0.717, 1.165) is 0 Å². The van der Waals surface area contributed by atoms with E-state index < -0.39 is 23.4 Å². The van der Waals surface area contributed by atoms with Gasteiger partial charge in [0, 0.05) is 16.3 Å². The Balaban J connectivity index is 2.38. The number of benzene rings is 1. The van der Waals surface area contributed by atoms with Crippen molar-refractivity contribution in [3.8, 4) is 6.07 Å². The number of ether oxygens (including phenoxy) is 2. The molecule has 7 nitrogen and oxygen atoms in total. The Kier molecular flexibility index (Phi) is 4.17. The molecule has 0 saturated carbocycles. The summed E-state index contributed by atoms with van der Waals surface area (Å²) in [5, 5.41) is 12.7. The van der Waals surface area contributed by atoms with Gasteiger partial charge in [-0.1, -0.05) is 11.6 Å². The molecule has 0 radical (unpaired) electrons. The fourth-order valence-corrected chi connectivity index (χ4v) is 3.49.